The Morgan fingerprint density at radius 2 is 1.67 bits per heavy atom. The third-order valence-electron chi connectivity index (χ3n) is 3.22. The first-order valence-corrected chi connectivity index (χ1v) is 7.95. The molecule has 1 aromatic rings. The average Bonchev–Trinajstić information content (AvgIpc) is 2.41. The molecule has 1 aromatic carbocycles. The molecule has 0 atom stereocenters. The Hall–Kier alpha value is -1.06. The summed E-state index contributed by atoms with van der Waals surface area (Å²) in [6.45, 7) is 14.1. The summed E-state index contributed by atoms with van der Waals surface area (Å²) in [5, 5.41) is 3.36. The van der Waals surface area contributed by atoms with Crippen molar-refractivity contribution in [3.8, 4) is 5.75 Å². The lowest BCUT2D eigenvalue weighted by Crippen LogP contribution is -2.23. The second-order valence-corrected chi connectivity index (χ2v) is 6.65. The van der Waals surface area contributed by atoms with E-state index >= 15 is 0 Å². The van der Waals surface area contributed by atoms with Gasteiger partial charge < -0.3 is 14.8 Å². The summed E-state index contributed by atoms with van der Waals surface area (Å²) in [5.74, 6) is 0.938. The molecule has 0 unspecified atom stereocenters. The molecule has 0 amide bonds. The van der Waals surface area contributed by atoms with Crippen LogP contribution in [0.15, 0.2) is 24.3 Å². The van der Waals surface area contributed by atoms with Gasteiger partial charge in [0, 0.05) is 13.2 Å². The second kappa shape index (κ2) is 9.06. The number of ether oxygens (including phenoxy) is 2. The summed E-state index contributed by atoms with van der Waals surface area (Å²) < 4.78 is 11.2. The van der Waals surface area contributed by atoms with Crippen molar-refractivity contribution in [1.29, 1.82) is 0 Å². The fourth-order valence-electron chi connectivity index (χ4n) is 1.93. The maximum absolute atomic E-state index is 5.72. The number of rotatable bonds is 9. The maximum atomic E-state index is 5.72. The highest BCUT2D eigenvalue weighted by atomic mass is 16.5. The minimum absolute atomic E-state index is 0.193. The van der Waals surface area contributed by atoms with Gasteiger partial charge in [0.1, 0.15) is 12.4 Å². The Balaban J connectivity index is 2.10. The van der Waals surface area contributed by atoms with E-state index in [2.05, 4.69) is 64.2 Å². The molecule has 0 aliphatic heterocycles. The molecule has 0 aliphatic rings. The molecular formula is C18H31NO2. The number of hydrogen-bond acceptors (Lipinski definition) is 3. The van der Waals surface area contributed by atoms with Gasteiger partial charge in [-0.2, -0.15) is 0 Å². The van der Waals surface area contributed by atoms with Crippen LogP contribution in [0.4, 0.5) is 0 Å². The first-order valence-electron chi connectivity index (χ1n) is 7.95. The van der Waals surface area contributed by atoms with Gasteiger partial charge in [0.05, 0.1) is 6.10 Å². The van der Waals surface area contributed by atoms with Crippen LogP contribution >= 0.6 is 0 Å². The van der Waals surface area contributed by atoms with Crippen LogP contribution in [0.25, 0.3) is 0 Å². The zero-order chi connectivity index (χ0) is 15.7. The highest BCUT2D eigenvalue weighted by molar-refractivity contribution is 5.31. The van der Waals surface area contributed by atoms with Crippen LogP contribution in [0.3, 0.4) is 0 Å². The van der Waals surface area contributed by atoms with Gasteiger partial charge in [0.15, 0.2) is 0 Å². The van der Waals surface area contributed by atoms with Gasteiger partial charge in [0.2, 0.25) is 0 Å². The van der Waals surface area contributed by atoms with Crippen LogP contribution in [-0.2, 0) is 10.2 Å². The van der Waals surface area contributed by atoms with E-state index < -0.39 is 0 Å². The van der Waals surface area contributed by atoms with E-state index in [4.69, 9.17) is 9.47 Å². The van der Waals surface area contributed by atoms with Gasteiger partial charge in [-0.1, -0.05) is 32.9 Å². The Morgan fingerprint density at radius 1 is 1.00 bits per heavy atom. The molecule has 21 heavy (non-hydrogen) atoms. The number of hydrogen-bond donors (Lipinski definition) is 1. The van der Waals surface area contributed by atoms with Crippen molar-refractivity contribution in [2.24, 2.45) is 0 Å². The molecule has 1 N–H and O–H groups in total. The highest BCUT2D eigenvalue weighted by Crippen LogP contribution is 2.24. The van der Waals surface area contributed by atoms with Gasteiger partial charge >= 0.3 is 0 Å². The molecule has 0 heterocycles. The lowest BCUT2D eigenvalue weighted by molar-refractivity contribution is 0.0770. The van der Waals surface area contributed by atoms with Crippen molar-refractivity contribution in [2.75, 3.05) is 26.3 Å². The minimum Gasteiger partial charge on any atom is -0.492 e. The topological polar surface area (TPSA) is 30.5 Å². The van der Waals surface area contributed by atoms with Crippen molar-refractivity contribution in [3.05, 3.63) is 29.8 Å². The Kier molecular flexibility index (Phi) is 7.76. The van der Waals surface area contributed by atoms with Crippen molar-refractivity contribution in [1.82, 2.24) is 5.32 Å². The minimum atomic E-state index is 0.193. The first kappa shape index (κ1) is 18.0. The van der Waals surface area contributed by atoms with Crippen molar-refractivity contribution < 1.29 is 9.47 Å². The van der Waals surface area contributed by atoms with Gasteiger partial charge in [-0.05, 0) is 49.9 Å². The predicted octanol–water partition coefficient (Wildman–Crippen LogP) is 3.77. The van der Waals surface area contributed by atoms with E-state index in [-0.39, 0.29) is 5.41 Å². The Morgan fingerprint density at radius 3 is 2.24 bits per heavy atom. The molecule has 0 radical (unpaired) electrons. The highest BCUT2D eigenvalue weighted by Gasteiger charge is 2.12. The summed E-state index contributed by atoms with van der Waals surface area (Å²) in [4.78, 5) is 0. The van der Waals surface area contributed by atoms with Crippen LogP contribution < -0.4 is 10.1 Å². The fraction of sp³-hybridized carbons (Fsp3) is 0.667. The fourth-order valence-corrected chi connectivity index (χ4v) is 1.93. The summed E-state index contributed by atoms with van der Waals surface area (Å²) in [7, 11) is 0. The normalized spacial score (nSPS) is 11.9. The van der Waals surface area contributed by atoms with E-state index in [1.54, 1.807) is 0 Å². The molecule has 0 aromatic heterocycles. The molecule has 0 bridgehead atoms. The van der Waals surface area contributed by atoms with Gasteiger partial charge in [0.25, 0.3) is 0 Å². The Bertz CT molecular complexity index is 379. The first-order chi connectivity index (χ1) is 9.89. The molecule has 3 heteroatoms. The smallest absolute Gasteiger partial charge is 0.119 e. The molecule has 3 nitrogen and oxygen atoms in total. The summed E-state index contributed by atoms with van der Waals surface area (Å²) >= 11 is 0. The molecule has 0 saturated carbocycles. The quantitative estimate of drug-likeness (QED) is 0.703. The van der Waals surface area contributed by atoms with Gasteiger partial charge in [-0.15, -0.1) is 0 Å². The third-order valence-corrected chi connectivity index (χ3v) is 3.22. The zero-order valence-electron chi connectivity index (χ0n) is 14.2. The average molecular weight is 293 g/mol. The van der Waals surface area contributed by atoms with Crippen molar-refractivity contribution in [3.63, 3.8) is 0 Å². The van der Waals surface area contributed by atoms with Crippen LogP contribution in [0, 0.1) is 0 Å². The zero-order valence-corrected chi connectivity index (χ0v) is 14.2. The van der Waals surface area contributed by atoms with Gasteiger partial charge in [-0.25, -0.2) is 0 Å². The third kappa shape index (κ3) is 8.08. The van der Waals surface area contributed by atoms with E-state index in [0.717, 1.165) is 31.9 Å². The van der Waals surface area contributed by atoms with Crippen LogP contribution in [0.5, 0.6) is 5.75 Å². The van der Waals surface area contributed by atoms with Gasteiger partial charge in [-0.3, -0.25) is 0 Å². The van der Waals surface area contributed by atoms with Crippen LogP contribution in [-0.4, -0.2) is 32.4 Å². The summed E-state index contributed by atoms with van der Waals surface area (Å²) in [5.41, 5.74) is 1.52. The van der Waals surface area contributed by atoms with Crippen molar-refractivity contribution >= 4 is 0 Å². The van der Waals surface area contributed by atoms with E-state index in [1.165, 1.54) is 5.56 Å². The molecule has 120 valence electrons. The molecule has 0 spiro atoms. The summed E-state index contributed by atoms with van der Waals surface area (Å²) in [6, 6.07) is 8.39. The monoisotopic (exact) mass is 293 g/mol. The largest absolute Gasteiger partial charge is 0.492 e. The van der Waals surface area contributed by atoms with E-state index in [1.807, 2.05) is 0 Å². The number of nitrogens with one attached hydrogen (secondary N) is 1. The molecular weight excluding hydrogens is 262 g/mol. The molecule has 0 saturated heterocycles. The Labute approximate surface area is 130 Å². The lowest BCUT2D eigenvalue weighted by Gasteiger charge is -2.19. The predicted molar refractivity (Wildman–Crippen MR) is 89.2 cm³/mol. The maximum Gasteiger partial charge on any atom is 0.119 e. The molecule has 0 fully saturated rings. The van der Waals surface area contributed by atoms with Crippen LogP contribution in [0.1, 0.15) is 46.6 Å². The standard InChI is InChI=1S/C18H31NO2/c1-15(2)20-13-6-11-19-12-14-21-17-9-7-16(8-10-17)18(3,4)5/h7-10,15,19H,6,11-14H2,1-5H3. The van der Waals surface area contributed by atoms with E-state index in [9.17, 15) is 0 Å². The SMILES string of the molecule is CC(C)OCCCNCCOc1ccc(C(C)(C)C)cc1. The van der Waals surface area contributed by atoms with Crippen molar-refractivity contribution in [2.45, 2.75) is 52.6 Å². The molecule has 1 rings (SSSR count). The van der Waals surface area contributed by atoms with Crippen LogP contribution in [0.2, 0.25) is 0 Å². The summed E-state index contributed by atoms with van der Waals surface area (Å²) in [6.07, 6.45) is 1.36. The lowest BCUT2D eigenvalue weighted by atomic mass is 9.87. The number of benzene rings is 1. The molecule has 0 aliphatic carbocycles. The second-order valence-electron chi connectivity index (χ2n) is 6.65. The van der Waals surface area contributed by atoms with E-state index in [0.29, 0.717) is 12.7 Å².